The fourth-order valence-corrected chi connectivity index (χ4v) is 4.17. The number of para-hydroxylation sites is 2. The van der Waals surface area contributed by atoms with Crippen LogP contribution >= 0.6 is 11.3 Å². The van der Waals surface area contributed by atoms with Crippen LogP contribution in [-0.2, 0) is 20.9 Å². The second-order valence-electron chi connectivity index (χ2n) is 6.62. The number of carbonyl (C=O) groups is 2. The van der Waals surface area contributed by atoms with Crippen molar-refractivity contribution in [1.29, 1.82) is 5.26 Å². The number of hydrogen-bond acceptors (Lipinski definition) is 7. The highest BCUT2D eigenvalue weighted by atomic mass is 32.1. The molecule has 1 aromatic heterocycles. The Labute approximate surface area is 167 Å². The molecule has 0 saturated heterocycles. The topological polar surface area (TPSA) is 92.5 Å². The lowest BCUT2D eigenvalue weighted by molar-refractivity contribution is -0.153. The molecule has 146 valence electrons. The van der Waals surface area contributed by atoms with Gasteiger partial charge in [-0.05, 0) is 25.0 Å². The number of nitriles is 1. The quantitative estimate of drug-likeness (QED) is 0.683. The zero-order valence-electron chi connectivity index (χ0n) is 15.8. The smallest absolute Gasteiger partial charge is 0.326 e. The fourth-order valence-electron chi connectivity index (χ4n) is 3.30. The van der Waals surface area contributed by atoms with Crippen molar-refractivity contribution in [3.8, 4) is 11.8 Å². The molecular formula is C20H21N3O4S. The molecule has 2 aromatic rings. The first-order chi connectivity index (χ1) is 13.5. The lowest BCUT2D eigenvalue weighted by atomic mass is 9.88. The molecule has 0 spiro atoms. The van der Waals surface area contributed by atoms with E-state index in [-0.39, 0.29) is 12.5 Å². The van der Waals surface area contributed by atoms with Gasteiger partial charge in [-0.2, -0.15) is 5.26 Å². The minimum absolute atomic E-state index is 0.0313. The summed E-state index contributed by atoms with van der Waals surface area (Å²) < 4.78 is 10.7. The molecule has 1 aliphatic carbocycles. The summed E-state index contributed by atoms with van der Waals surface area (Å²) in [5.74, 6) is -0.148. The monoisotopic (exact) mass is 399 g/mol. The highest BCUT2D eigenvalue weighted by Crippen LogP contribution is 2.39. The van der Waals surface area contributed by atoms with E-state index in [4.69, 9.17) is 9.47 Å². The molecule has 1 fully saturated rings. The van der Waals surface area contributed by atoms with Gasteiger partial charge in [0.1, 0.15) is 12.4 Å². The fraction of sp³-hybridized carbons (Fsp3) is 0.400. The van der Waals surface area contributed by atoms with Crippen LogP contribution in [0.5, 0.6) is 5.75 Å². The Morgan fingerprint density at radius 3 is 2.68 bits per heavy atom. The van der Waals surface area contributed by atoms with Gasteiger partial charge >= 0.3 is 5.97 Å². The molecule has 8 heteroatoms. The van der Waals surface area contributed by atoms with Gasteiger partial charge in [-0.25, -0.2) is 4.98 Å². The summed E-state index contributed by atoms with van der Waals surface area (Å²) >= 11 is 1.27. The van der Waals surface area contributed by atoms with E-state index in [1.54, 1.807) is 17.5 Å². The Morgan fingerprint density at radius 1 is 1.32 bits per heavy atom. The molecule has 1 aliphatic rings. The van der Waals surface area contributed by atoms with Gasteiger partial charge in [-0.15, -0.1) is 11.3 Å². The predicted octanol–water partition coefficient (Wildman–Crippen LogP) is 3.96. The number of nitrogens with zero attached hydrogens (tertiary/aromatic N) is 3. The van der Waals surface area contributed by atoms with Crippen LogP contribution in [0.2, 0.25) is 0 Å². The highest BCUT2D eigenvalue weighted by Gasteiger charge is 2.43. The summed E-state index contributed by atoms with van der Waals surface area (Å²) in [5, 5.41) is 11.6. The normalized spacial score (nSPS) is 14.9. The Balaban J connectivity index is 1.76. The SMILES string of the molecule is COc1ccccc1N(C(C)=O)c1nc(COC(=O)C2(C#N)CCCC2)cs1. The van der Waals surface area contributed by atoms with Crippen molar-refractivity contribution >= 4 is 34.0 Å². The number of hydrogen-bond donors (Lipinski definition) is 0. The van der Waals surface area contributed by atoms with Gasteiger partial charge in [0, 0.05) is 12.3 Å². The maximum absolute atomic E-state index is 12.4. The third kappa shape index (κ3) is 3.85. The first kappa shape index (κ1) is 19.8. The standard InChI is InChI=1S/C20H21N3O4S/c1-14(24)23(16-7-3-4-8-17(16)26-2)19-22-15(12-28-19)11-27-18(25)20(13-21)9-5-6-10-20/h3-4,7-8,12H,5-6,9-11H2,1-2H3. The van der Waals surface area contributed by atoms with E-state index in [1.165, 1.54) is 30.3 Å². The van der Waals surface area contributed by atoms with E-state index in [9.17, 15) is 14.9 Å². The summed E-state index contributed by atoms with van der Waals surface area (Å²) in [5.41, 5.74) is 0.0900. The predicted molar refractivity (Wildman–Crippen MR) is 104 cm³/mol. The molecule has 7 nitrogen and oxygen atoms in total. The summed E-state index contributed by atoms with van der Waals surface area (Å²) in [6.07, 6.45) is 2.79. The minimum Gasteiger partial charge on any atom is -0.495 e. The van der Waals surface area contributed by atoms with Crippen LogP contribution in [0.3, 0.4) is 0 Å². The average Bonchev–Trinajstić information content (AvgIpc) is 3.37. The van der Waals surface area contributed by atoms with E-state index in [0.717, 1.165) is 12.8 Å². The second kappa shape index (κ2) is 8.40. The Bertz CT molecular complexity index is 912. The summed E-state index contributed by atoms with van der Waals surface area (Å²) in [7, 11) is 1.54. The summed E-state index contributed by atoms with van der Waals surface area (Å²) in [6, 6.07) is 9.30. The number of carbonyl (C=O) groups excluding carboxylic acids is 2. The van der Waals surface area contributed by atoms with Gasteiger partial charge in [0.05, 0.1) is 24.6 Å². The number of aromatic nitrogens is 1. The van der Waals surface area contributed by atoms with Crippen molar-refractivity contribution in [1.82, 2.24) is 4.98 Å². The molecule has 0 aliphatic heterocycles. The number of anilines is 2. The molecule has 3 rings (SSSR count). The lowest BCUT2D eigenvalue weighted by Gasteiger charge is -2.20. The van der Waals surface area contributed by atoms with Gasteiger partial charge in [0.15, 0.2) is 10.5 Å². The van der Waals surface area contributed by atoms with Crippen molar-refractivity contribution in [2.75, 3.05) is 12.0 Å². The maximum atomic E-state index is 12.4. The van der Waals surface area contributed by atoms with Crippen LogP contribution < -0.4 is 9.64 Å². The average molecular weight is 399 g/mol. The maximum Gasteiger partial charge on any atom is 0.326 e. The van der Waals surface area contributed by atoms with Crippen LogP contribution in [0.1, 0.15) is 38.3 Å². The van der Waals surface area contributed by atoms with Crippen molar-refractivity contribution in [3.63, 3.8) is 0 Å². The molecule has 0 unspecified atom stereocenters. The van der Waals surface area contributed by atoms with E-state index in [1.807, 2.05) is 12.1 Å². The highest BCUT2D eigenvalue weighted by molar-refractivity contribution is 7.14. The number of rotatable bonds is 6. The van der Waals surface area contributed by atoms with Gasteiger partial charge < -0.3 is 9.47 Å². The molecule has 1 amide bonds. The third-order valence-electron chi connectivity index (χ3n) is 4.78. The van der Waals surface area contributed by atoms with Crippen LogP contribution in [0, 0.1) is 16.7 Å². The summed E-state index contributed by atoms with van der Waals surface area (Å²) in [4.78, 5) is 30.5. The van der Waals surface area contributed by atoms with Crippen molar-refractivity contribution < 1.29 is 19.1 Å². The van der Waals surface area contributed by atoms with Gasteiger partial charge in [-0.3, -0.25) is 14.5 Å². The lowest BCUT2D eigenvalue weighted by Crippen LogP contribution is -2.28. The third-order valence-corrected chi connectivity index (χ3v) is 5.66. The molecule has 0 radical (unpaired) electrons. The van der Waals surface area contributed by atoms with Crippen molar-refractivity contribution in [3.05, 3.63) is 35.3 Å². The van der Waals surface area contributed by atoms with Gasteiger partial charge in [0.25, 0.3) is 0 Å². The number of benzene rings is 1. The van der Waals surface area contributed by atoms with E-state index >= 15 is 0 Å². The minimum atomic E-state index is -1.03. The zero-order chi connectivity index (χ0) is 20.1. The van der Waals surface area contributed by atoms with Crippen LogP contribution in [-0.4, -0.2) is 24.0 Å². The molecule has 28 heavy (non-hydrogen) atoms. The second-order valence-corrected chi connectivity index (χ2v) is 7.46. The zero-order valence-corrected chi connectivity index (χ0v) is 16.6. The molecule has 0 atom stereocenters. The van der Waals surface area contributed by atoms with Crippen LogP contribution in [0.4, 0.5) is 10.8 Å². The Kier molecular flexibility index (Phi) is 5.95. The molecule has 0 N–H and O–H groups in total. The van der Waals surface area contributed by atoms with Crippen LogP contribution in [0.25, 0.3) is 0 Å². The number of ether oxygens (including phenoxy) is 2. The molecular weight excluding hydrogens is 378 g/mol. The Hall–Kier alpha value is -2.92. The first-order valence-electron chi connectivity index (χ1n) is 8.97. The molecule has 1 heterocycles. The molecule has 1 saturated carbocycles. The Morgan fingerprint density at radius 2 is 2.04 bits per heavy atom. The van der Waals surface area contributed by atoms with Crippen molar-refractivity contribution in [2.45, 2.75) is 39.2 Å². The van der Waals surface area contributed by atoms with Gasteiger partial charge in [0.2, 0.25) is 5.91 Å². The largest absolute Gasteiger partial charge is 0.495 e. The first-order valence-corrected chi connectivity index (χ1v) is 9.85. The van der Waals surface area contributed by atoms with E-state index < -0.39 is 11.4 Å². The van der Waals surface area contributed by atoms with E-state index in [0.29, 0.717) is 35.1 Å². The van der Waals surface area contributed by atoms with E-state index in [2.05, 4.69) is 11.1 Å². The van der Waals surface area contributed by atoms with Crippen molar-refractivity contribution in [2.24, 2.45) is 5.41 Å². The summed E-state index contributed by atoms with van der Waals surface area (Å²) in [6.45, 7) is 1.42. The number of esters is 1. The number of thiazole rings is 1. The van der Waals surface area contributed by atoms with Gasteiger partial charge in [-0.1, -0.05) is 25.0 Å². The molecule has 1 aromatic carbocycles. The number of methoxy groups -OCH3 is 1. The number of amides is 1. The molecule has 0 bridgehead atoms. The van der Waals surface area contributed by atoms with Crippen LogP contribution in [0.15, 0.2) is 29.6 Å².